The van der Waals surface area contributed by atoms with Crippen LogP contribution < -0.4 is 0 Å². The highest BCUT2D eigenvalue weighted by Crippen LogP contribution is 2.47. The van der Waals surface area contributed by atoms with Crippen LogP contribution in [0.2, 0.25) is 0 Å². The lowest BCUT2D eigenvalue weighted by atomic mass is 10.2. The molecule has 1 aliphatic carbocycles. The molecule has 1 aliphatic rings. The molecule has 3 nitrogen and oxygen atoms in total. The summed E-state index contributed by atoms with van der Waals surface area (Å²) in [5, 5.41) is 8.59. The molecule has 1 fully saturated rings. The van der Waals surface area contributed by atoms with Gasteiger partial charge < -0.3 is 9.52 Å². The summed E-state index contributed by atoms with van der Waals surface area (Å²) in [5.41, 5.74) is 1.01. The molecule has 2 atom stereocenters. The van der Waals surface area contributed by atoms with Gasteiger partial charge in [0.2, 0.25) is 0 Å². The van der Waals surface area contributed by atoms with E-state index in [0.717, 1.165) is 12.0 Å². The van der Waals surface area contributed by atoms with Crippen molar-refractivity contribution in [3.63, 3.8) is 0 Å². The fourth-order valence-corrected chi connectivity index (χ4v) is 1.32. The predicted molar refractivity (Wildman–Crippen MR) is 37.2 cm³/mol. The summed E-state index contributed by atoms with van der Waals surface area (Å²) in [4.78, 5) is 10.4. The normalized spacial score (nSPS) is 28.4. The number of carboxylic acid groups (broad SMARTS) is 1. The molecule has 1 heterocycles. The van der Waals surface area contributed by atoms with E-state index in [-0.39, 0.29) is 11.8 Å². The average molecular weight is 152 g/mol. The van der Waals surface area contributed by atoms with E-state index in [2.05, 4.69) is 0 Å². The summed E-state index contributed by atoms with van der Waals surface area (Å²) in [5.74, 6) is -0.671. The summed E-state index contributed by atoms with van der Waals surface area (Å²) >= 11 is 0. The van der Waals surface area contributed by atoms with Crippen LogP contribution in [0.4, 0.5) is 0 Å². The first kappa shape index (κ1) is 6.46. The van der Waals surface area contributed by atoms with Gasteiger partial charge in [-0.2, -0.15) is 0 Å². The number of aliphatic carboxylic acids is 1. The first-order valence-corrected chi connectivity index (χ1v) is 3.54. The van der Waals surface area contributed by atoms with Crippen LogP contribution in [-0.4, -0.2) is 11.1 Å². The number of carboxylic acids is 1. The average Bonchev–Trinajstić information content (AvgIpc) is 2.60. The largest absolute Gasteiger partial charge is 0.481 e. The molecule has 58 valence electrons. The molecule has 0 aromatic carbocycles. The number of hydrogen-bond donors (Lipinski definition) is 1. The highest BCUT2D eigenvalue weighted by atomic mass is 16.4. The lowest BCUT2D eigenvalue weighted by Crippen LogP contribution is -1.98. The Bertz CT molecular complexity index is 263. The van der Waals surface area contributed by atoms with Gasteiger partial charge in [-0.25, -0.2) is 0 Å². The highest BCUT2D eigenvalue weighted by Gasteiger charge is 2.44. The van der Waals surface area contributed by atoms with Gasteiger partial charge in [0.15, 0.2) is 0 Å². The van der Waals surface area contributed by atoms with Crippen LogP contribution in [0.5, 0.6) is 0 Å². The van der Waals surface area contributed by atoms with Crippen molar-refractivity contribution in [2.45, 2.75) is 12.3 Å². The number of carbonyl (C=O) groups is 1. The molecule has 1 aromatic heterocycles. The third-order valence-corrected chi connectivity index (χ3v) is 2.08. The fraction of sp³-hybridized carbons (Fsp3) is 0.375. The zero-order chi connectivity index (χ0) is 7.84. The van der Waals surface area contributed by atoms with Gasteiger partial charge in [0.25, 0.3) is 0 Å². The second kappa shape index (κ2) is 2.12. The standard InChI is InChI=1S/C8H8O3/c9-8(10)7-3-6(7)5-1-2-11-4-5/h1-2,4,6-7H,3H2,(H,9,10)/t6-,7+/m0/s1. The van der Waals surface area contributed by atoms with E-state index in [1.807, 2.05) is 6.07 Å². The number of hydrogen-bond acceptors (Lipinski definition) is 2. The van der Waals surface area contributed by atoms with Gasteiger partial charge >= 0.3 is 5.97 Å². The fourth-order valence-electron chi connectivity index (χ4n) is 1.32. The van der Waals surface area contributed by atoms with Crippen LogP contribution >= 0.6 is 0 Å². The molecule has 1 N–H and O–H groups in total. The van der Waals surface area contributed by atoms with Crippen LogP contribution in [0.1, 0.15) is 17.9 Å². The molecule has 0 bridgehead atoms. The second-order valence-corrected chi connectivity index (χ2v) is 2.84. The molecular weight excluding hydrogens is 144 g/mol. The third-order valence-electron chi connectivity index (χ3n) is 2.08. The molecule has 0 radical (unpaired) electrons. The van der Waals surface area contributed by atoms with Crippen molar-refractivity contribution < 1.29 is 14.3 Å². The summed E-state index contributed by atoms with van der Waals surface area (Å²) in [6, 6.07) is 1.83. The summed E-state index contributed by atoms with van der Waals surface area (Å²) in [6.07, 6.45) is 3.95. The summed E-state index contributed by atoms with van der Waals surface area (Å²) in [7, 11) is 0. The van der Waals surface area contributed by atoms with Crippen molar-refractivity contribution in [2.75, 3.05) is 0 Å². The topological polar surface area (TPSA) is 50.4 Å². The maximum atomic E-state index is 10.4. The van der Waals surface area contributed by atoms with Crippen LogP contribution in [0, 0.1) is 5.92 Å². The lowest BCUT2D eigenvalue weighted by Gasteiger charge is -1.88. The lowest BCUT2D eigenvalue weighted by molar-refractivity contribution is -0.138. The first-order valence-electron chi connectivity index (χ1n) is 3.54. The minimum Gasteiger partial charge on any atom is -0.481 e. The van der Waals surface area contributed by atoms with E-state index in [1.165, 1.54) is 0 Å². The quantitative estimate of drug-likeness (QED) is 0.698. The van der Waals surface area contributed by atoms with E-state index in [1.54, 1.807) is 12.5 Å². The van der Waals surface area contributed by atoms with Crippen LogP contribution in [0.15, 0.2) is 23.0 Å². The first-order chi connectivity index (χ1) is 5.29. The van der Waals surface area contributed by atoms with E-state index < -0.39 is 5.97 Å². The molecule has 1 saturated carbocycles. The molecule has 0 spiro atoms. The van der Waals surface area contributed by atoms with Gasteiger partial charge in [-0.1, -0.05) is 0 Å². The summed E-state index contributed by atoms with van der Waals surface area (Å²) < 4.78 is 4.85. The van der Waals surface area contributed by atoms with E-state index in [9.17, 15) is 4.79 Å². The Morgan fingerprint density at radius 2 is 2.55 bits per heavy atom. The third kappa shape index (κ3) is 1.02. The van der Waals surface area contributed by atoms with E-state index >= 15 is 0 Å². The molecule has 1 aromatic rings. The van der Waals surface area contributed by atoms with Crippen molar-refractivity contribution in [3.8, 4) is 0 Å². The Morgan fingerprint density at radius 3 is 3.00 bits per heavy atom. The van der Waals surface area contributed by atoms with Crippen molar-refractivity contribution in [2.24, 2.45) is 5.92 Å². The Morgan fingerprint density at radius 1 is 1.73 bits per heavy atom. The van der Waals surface area contributed by atoms with Crippen molar-refractivity contribution >= 4 is 5.97 Å². The van der Waals surface area contributed by atoms with Crippen molar-refractivity contribution in [1.82, 2.24) is 0 Å². The molecular formula is C8H8O3. The molecule has 0 saturated heterocycles. The molecule has 11 heavy (non-hydrogen) atoms. The minimum absolute atomic E-state index is 0.174. The highest BCUT2D eigenvalue weighted by molar-refractivity contribution is 5.75. The van der Waals surface area contributed by atoms with Gasteiger partial charge in [0.1, 0.15) is 0 Å². The van der Waals surface area contributed by atoms with Gasteiger partial charge in [0, 0.05) is 5.92 Å². The summed E-state index contributed by atoms with van der Waals surface area (Å²) in [6.45, 7) is 0. The van der Waals surface area contributed by atoms with Gasteiger partial charge in [0.05, 0.1) is 18.4 Å². The number of furan rings is 1. The predicted octanol–water partition coefficient (Wildman–Crippen LogP) is 1.47. The minimum atomic E-state index is -0.698. The van der Waals surface area contributed by atoms with Gasteiger partial charge in [-0.3, -0.25) is 4.79 Å². The zero-order valence-electron chi connectivity index (χ0n) is 5.86. The number of rotatable bonds is 2. The molecule has 0 aliphatic heterocycles. The zero-order valence-corrected chi connectivity index (χ0v) is 5.86. The maximum absolute atomic E-state index is 10.4. The van der Waals surface area contributed by atoms with Gasteiger partial charge in [-0.15, -0.1) is 0 Å². The molecule has 3 heteroatoms. The Balaban J connectivity index is 2.08. The Labute approximate surface area is 63.6 Å². The van der Waals surface area contributed by atoms with E-state index in [0.29, 0.717) is 0 Å². The van der Waals surface area contributed by atoms with Gasteiger partial charge in [-0.05, 0) is 18.1 Å². The van der Waals surface area contributed by atoms with Crippen molar-refractivity contribution in [1.29, 1.82) is 0 Å². The van der Waals surface area contributed by atoms with Crippen molar-refractivity contribution in [3.05, 3.63) is 24.2 Å². The van der Waals surface area contributed by atoms with E-state index in [4.69, 9.17) is 9.52 Å². The van der Waals surface area contributed by atoms with Crippen LogP contribution in [0.25, 0.3) is 0 Å². The molecule has 0 unspecified atom stereocenters. The second-order valence-electron chi connectivity index (χ2n) is 2.84. The Kier molecular flexibility index (Phi) is 1.24. The maximum Gasteiger partial charge on any atom is 0.307 e. The Hall–Kier alpha value is -1.25. The van der Waals surface area contributed by atoms with Crippen LogP contribution in [-0.2, 0) is 4.79 Å². The van der Waals surface area contributed by atoms with Crippen LogP contribution in [0.3, 0.4) is 0 Å². The molecule has 2 rings (SSSR count). The monoisotopic (exact) mass is 152 g/mol. The molecule has 0 amide bonds. The smallest absolute Gasteiger partial charge is 0.307 e. The SMILES string of the molecule is O=C(O)[C@@H]1C[C@H]1c1ccoc1.